The Morgan fingerprint density at radius 3 is 1.72 bits per heavy atom. The van der Waals surface area contributed by atoms with E-state index in [2.05, 4.69) is 0 Å². The van der Waals surface area contributed by atoms with Crippen LogP contribution >= 0.6 is 0 Å². The summed E-state index contributed by atoms with van der Waals surface area (Å²) < 4.78 is 12.5. The van der Waals surface area contributed by atoms with E-state index in [0.717, 1.165) is 5.56 Å². The molecule has 0 radical (unpaired) electrons. The van der Waals surface area contributed by atoms with Crippen molar-refractivity contribution in [1.29, 1.82) is 0 Å². The topological polar surface area (TPSA) is 140 Å². The molecule has 1 heterocycles. The van der Waals surface area contributed by atoms with Crippen molar-refractivity contribution < 1.29 is 40.1 Å². The Hall–Kier alpha value is -4.98. The molecule has 36 heavy (non-hydrogen) atoms. The number of aromatic hydroxyl groups is 6. The highest BCUT2D eigenvalue weighted by Gasteiger charge is 2.35. The summed E-state index contributed by atoms with van der Waals surface area (Å²) in [4.78, 5) is 0. The van der Waals surface area contributed by atoms with Gasteiger partial charge < -0.3 is 40.1 Å². The van der Waals surface area contributed by atoms with Gasteiger partial charge in [-0.25, -0.2) is 0 Å². The van der Waals surface area contributed by atoms with Crippen LogP contribution in [0, 0.1) is 0 Å². The van der Waals surface area contributed by atoms with Crippen molar-refractivity contribution in [3.05, 3.63) is 95.1 Å². The van der Waals surface area contributed by atoms with Crippen LogP contribution in [0.3, 0.4) is 0 Å². The molecule has 0 bridgehead atoms. The van der Waals surface area contributed by atoms with Crippen LogP contribution in [0.2, 0.25) is 0 Å². The van der Waals surface area contributed by atoms with E-state index in [1.54, 1.807) is 36.4 Å². The minimum absolute atomic E-state index is 0.0552. The fourth-order valence-corrected chi connectivity index (χ4v) is 4.11. The molecule has 4 aromatic carbocycles. The molecule has 1 aliphatic rings. The molecule has 0 aliphatic carbocycles. The van der Waals surface area contributed by atoms with Gasteiger partial charge in [-0.1, -0.05) is 24.3 Å². The molecule has 0 saturated heterocycles. The summed E-state index contributed by atoms with van der Waals surface area (Å²) in [5.74, 6) is -0.184. The van der Waals surface area contributed by atoms with E-state index in [0.29, 0.717) is 28.2 Å². The molecule has 0 spiro atoms. The first-order valence-electron chi connectivity index (χ1n) is 11.0. The molecule has 182 valence electrons. The van der Waals surface area contributed by atoms with Crippen molar-refractivity contribution in [2.24, 2.45) is 0 Å². The number of rotatable bonds is 4. The smallest absolute Gasteiger partial charge is 0.165 e. The molecule has 6 N–H and O–H groups in total. The molecule has 1 aliphatic heterocycles. The van der Waals surface area contributed by atoms with E-state index in [-0.39, 0.29) is 34.5 Å². The van der Waals surface area contributed by atoms with E-state index in [9.17, 15) is 30.6 Å². The maximum Gasteiger partial charge on any atom is 0.165 e. The number of phenolic OH excluding ortho intramolecular Hbond substituents is 6. The lowest BCUT2D eigenvalue weighted by molar-refractivity contribution is 0.0180. The zero-order chi connectivity index (χ0) is 25.4. The zero-order valence-electron chi connectivity index (χ0n) is 18.7. The highest BCUT2D eigenvalue weighted by Crippen LogP contribution is 2.48. The minimum Gasteiger partial charge on any atom is -0.508 e. The molecule has 4 aromatic rings. The molecule has 0 aromatic heterocycles. The predicted octanol–water partition coefficient (Wildman–Crippen LogP) is 5.34. The Balaban J connectivity index is 1.52. The van der Waals surface area contributed by atoms with Crippen LogP contribution in [0.15, 0.2) is 72.8 Å². The van der Waals surface area contributed by atoms with Gasteiger partial charge >= 0.3 is 0 Å². The fourth-order valence-electron chi connectivity index (χ4n) is 4.11. The molecular formula is C28H22O8. The van der Waals surface area contributed by atoms with Crippen LogP contribution in [0.5, 0.6) is 46.0 Å². The van der Waals surface area contributed by atoms with Gasteiger partial charge in [-0.05, 0) is 59.7 Å². The van der Waals surface area contributed by atoms with Crippen LogP contribution in [0.4, 0.5) is 0 Å². The number of hydrogen-bond donors (Lipinski definition) is 6. The third kappa shape index (κ3) is 4.65. The van der Waals surface area contributed by atoms with Gasteiger partial charge in [0.2, 0.25) is 0 Å². The molecule has 0 fully saturated rings. The number of benzene rings is 4. The Morgan fingerprint density at radius 2 is 1.06 bits per heavy atom. The quantitative estimate of drug-likeness (QED) is 0.168. The second kappa shape index (κ2) is 8.99. The summed E-state index contributed by atoms with van der Waals surface area (Å²) in [6.45, 7) is 0. The Labute approximate surface area is 205 Å². The third-order valence-corrected chi connectivity index (χ3v) is 5.73. The fraction of sp³-hybridized carbons (Fsp3) is 0.0714. The van der Waals surface area contributed by atoms with Crippen molar-refractivity contribution in [1.82, 2.24) is 0 Å². The maximum atomic E-state index is 10.0. The number of hydrogen-bond acceptors (Lipinski definition) is 8. The molecular weight excluding hydrogens is 464 g/mol. The van der Waals surface area contributed by atoms with Crippen LogP contribution < -0.4 is 9.47 Å². The average molecular weight is 486 g/mol. The Bertz CT molecular complexity index is 1440. The molecule has 0 saturated carbocycles. The van der Waals surface area contributed by atoms with Crippen LogP contribution in [-0.2, 0) is 0 Å². The van der Waals surface area contributed by atoms with E-state index in [1.165, 1.54) is 48.5 Å². The monoisotopic (exact) mass is 486 g/mol. The summed E-state index contributed by atoms with van der Waals surface area (Å²) in [5, 5.41) is 59.2. The van der Waals surface area contributed by atoms with Crippen molar-refractivity contribution in [2.75, 3.05) is 0 Å². The SMILES string of the molecule is Oc1cc(O)cc(C=Cc2ccc3c(c2)O[C@H](c2cc(O)cc(O)c2)[C@@H](c2ccc(O)c(O)c2)O3)c1. The third-order valence-electron chi connectivity index (χ3n) is 5.73. The van der Waals surface area contributed by atoms with Crippen molar-refractivity contribution in [2.45, 2.75) is 12.2 Å². The molecule has 8 heteroatoms. The Kier molecular flexibility index (Phi) is 5.69. The molecule has 0 amide bonds. The first-order valence-corrected chi connectivity index (χ1v) is 11.0. The second-order valence-electron chi connectivity index (χ2n) is 8.43. The van der Waals surface area contributed by atoms with E-state index >= 15 is 0 Å². The van der Waals surface area contributed by atoms with Gasteiger partial charge in [0.05, 0.1) is 0 Å². The van der Waals surface area contributed by atoms with Crippen molar-refractivity contribution in [3.8, 4) is 46.0 Å². The number of ether oxygens (including phenoxy) is 2. The zero-order valence-corrected chi connectivity index (χ0v) is 18.7. The van der Waals surface area contributed by atoms with Crippen molar-refractivity contribution in [3.63, 3.8) is 0 Å². The molecule has 0 unspecified atom stereocenters. The van der Waals surface area contributed by atoms with Gasteiger partial charge in [0, 0.05) is 23.3 Å². The molecule has 8 nitrogen and oxygen atoms in total. The second-order valence-corrected chi connectivity index (χ2v) is 8.43. The predicted molar refractivity (Wildman–Crippen MR) is 131 cm³/mol. The average Bonchev–Trinajstić information content (AvgIpc) is 2.82. The molecule has 5 rings (SSSR count). The largest absolute Gasteiger partial charge is 0.508 e. The van der Waals surface area contributed by atoms with E-state index in [4.69, 9.17) is 9.47 Å². The minimum atomic E-state index is -0.818. The standard InChI is InChI=1S/C28H22O8/c29-19-7-16(8-20(30)13-19)2-1-15-3-6-25-26(9-15)36-28(18-10-21(31)14-22(32)11-18)27(35-25)17-4-5-23(33)24(34)12-17/h1-14,27-34H/t27-,28-/m1/s1. The summed E-state index contributed by atoms with van der Waals surface area (Å²) in [6.07, 6.45) is 1.90. The van der Waals surface area contributed by atoms with Gasteiger partial charge in [-0.15, -0.1) is 0 Å². The highest BCUT2D eigenvalue weighted by molar-refractivity contribution is 5.72. The summed E-state index contributed by atoms with van der Waals surface area (Å²) in [7, 11) is 0. The lowest BCUT2D eigenvalue weighted by Gasteiger charge is -2.35. The Morgan fingerprint density at radius 1 is 0.472 bits per heavy atom. The van der Waals surface area contributed by atoms with Crippen LogP contribution in [0.1, 0.15) is 34.5 Å². The van der Waals surface area contributed by atoms with Crippen molar-refractivity contribution >= 4 is 12.2 Å². The maximum absolute atomic E-state index is 10.0. The highest BCUT2D eigenvalue weighted by atomic mass is 16.6. The van der Waals surface area contributed by atoms with Gasteiger partial charge in [0.15, 0.2) is 35.2 Å². The number of phenols is 6. The number of fused-ring (bicyclic) bond motifs is 1. The first kappa shape index (κ1) is 22.8. The molecule has 2 atom stereocenters. The van der Waals surface area contributed by atoms with Gasteiger partial charge in [0.25, 0.3) is 0 Å². The van der Waals surface area contributed by atoms with Crippen LogP contribution in [0.25, 0.3) is 12.2 Å². The lowest BCUT2D eigenvalue weighted by Crippen LogP contribution is -2.26. The lowest BCUT2D eigenvalue weighted by atomic mass is 9.95. The van der Waals surface area contributed by atoms with E-state index in [1.807, 2.05) is 0 Å². The summed E-state index contributed by atoms with van der Waals surface area (Å²) >= 11 is 0. The summed E-state index contributed by atoms with van der Waals surface area (Å²) in [6, 6.07) is 17.9. The normalized spacial score (nSPS) is 16.8. The van der Waals surface area contributed by atoms with E-state index < -0.39 is 12.2 Å². The van der Waals surface area contributed by atoms with Gasteiger partial charge in [-0.2, -0.15) is 0 Å². The van der Waals surface area contributed by atoms with Gasteiger partial charge in [-0.3, -0.25) is 0 Å². The van der Waals surface area contributed by atoms with Crippen LogP contribution in [-0.4, -0.2) is 30.6 Å². The van der Waals surface area contributed by atoms with Gasteiger partial charge in [0.1, 0.15) is 23.0 Å². The first-order chi connectivity index (χ1) is 17.2. The summed E-state index contributed by atoms with van der Waals surface area (Å²) in [5.41, 5.74) is 2.30.